The zero-order valence-corrected chi connectivity index (χ0v) is 20.6. The maximum absolute atomic E-state index is 13.1. The number of unbranched alkanes of at least 4 members (excludes halogenated alkanes) is 1. The summed E-state index contributed by atoms with van der Waals surface area (Å²) in [5.74, 6) is -3.72. The van der Waals surface area contributed by atoms with Crippen LogP contribution in [0.2, 0.25) is 0 Å². The van der Waals surface area contributed by atoms with E-state index in [9.17, 15) is 29.4 Å². The fourth-order valence-corrected chi connectivity index (χ4v) is 3.76. The van der Waals surface area contributed by atoms with Crippen molar-refractivity contribution in [3.8, 4) is 0 Å². The van der Waals surface area contributed by atoms with Gasteiger partial charge in [0.1, 0.15) is 24.2 Å². The summed E-state index contributed by atoms with van der Waals surface area (Å²) in [6, 6.07) is 2.14. The average Bonchev–Trinajstić information content (AvgIpc) is 3.27. The summed E-state index contributed by atoms with van der Waals surface area (Å²) in [5, 5.41) is 36.9. The lowest BCUT2D eigenvalue weighted by molar-refractivity contribution is -0.142. The van der Waals surface area contributed by atoms with E-state index in [0.717, 1.165) is 10.9 Å². The SMILES string of the molecule is CC(O)C(NC(=O)C(N)CO)C(=O)NC(CCCCN)C(=O)NC(Cc1c[nH]c2ccccc12)C(=O)O. The normalized spacial score (nSPS) is 15.3. The number of benzene rings is 1. The van der Waals surface area contributed by atoms with Gasteiger partial charge in [-0.3, -0.25) is 14.4 Å². The zero-order chi connectivity index (χ0) is 27.5. The maximum atomic E-state index is 13.1. The summed E-state index contributed by atoms with van der Waals surface area (Å²) in [4.78, 5) is 53.1. The van der Waals surface area contributed by atoms with Gasteiger partial charge >= 0.3 is 5.97 Å². The largest absolute Gasteiger partial charge is 0.480 e. The number of nitrogens with one attached hydrogen (secondary N) is 4. The molecule has 5 unspecified atom stereocenters. The van der Waals surface area contributed by atoms with Crippen LogP contribution >= 0.6 is 0 Å². The molecule has 1 aromatic carbocycles. The molecule has 0 fully saturated rings. The van der Waals surface area contributed by atoms with Crippen LogP contribution in [0.15, 0.2) is 30.5 Å². The topological polar surface area (TPSA) is 233 Å². The lowest BCUT2D eigenvalue weighted by atomic mass is 10.0. The predicted octanol–water partition coefficient (Wildman–Crippen LogP) is -1.92. The van der Waals surface area contributed by atoms with Crippen LogP contribution in [-0.2, 0) is 25.6 Å². The number of carbonyl (C=O) groups is 4. The van der Waals surface area contributed by atoms with Crippen LogP contribution in [0.25, 0.3) is 10.9 Å². The molecule has 0 aliphatic carbocycles. The highest BCUT2D eigenvalue weighted by Gasteiger charge is 2.32. The lowest BCUT2D eigenvalue weighted by Crippen LogP contribution is -2.60. The molecule has 11 N–H and O–H groups in total. The van der Waals surface area contributed by atoms with Gasteiger partial charge in [-0.15, -0.1) is 0 Å². The number of aliphatic hydroxyl groups is 2. The molecule has 13 heteroatoms. The molecule has 5 atom stereocenters. The van der Waals surface area contributed by atoms with Crippen molar-refractivity contribution in [1.29, 1.82) is 0 Å². The Labute approximate surface area is 214 Å². The number of aliphatic hydroxyl groups excluding tert-OH is 2. The Morgan fingerprint density at radius 1 is 1.00 bits per heavy atom. The number of nitrogens with two attached hydrogens (primary N) is 2. The Morgan fingerprint density at radius 3 is 2.30 bits per heavy atom. The Bertz CT molecular complexity index is 1070. The third-order valence-corrected chi connectivity index (χ3v) is 5.89. The fraction of sp³-hybridized carbons (Fsp3) is 0.500. The monoisotopic (exact) mass is 520 g/mol. The van der Waals surface area contributed by atoms with E-state index in [1.165, 1.54) is 6.92 Å². The number of carboxylic acid groups (broad SMARTS) is 1. The number of aromatic nitrogens is 1. The van der Waals surface area contributed by atoms with Crippen LogP contribution in [0.4, 0.5) is 0 Å². The van der Waals surface area contributed by atoms with Crippen molar-refractivity contribution in [2.75, 3.05) is 13.2 Å². The number of hydrogen-bond acceptors (Lipinski definition) is 8. The fourth-order valence-electron chi connectivity index (χ4n) is 3.76. The zero-order valence-electron chi connectivity index (χ0n) is 20.6. The molecular weight excluding hydrogens is 484 g/mol. The Morgan fingerprint density at radius 2 is 1.68 bits per heavy atom. The first-order valence-electron chi connectivity index (χ1n) is 12.0. The van der Waals surface area contributed by atoms with Crippen molar-refractivity contribution < 1.29 is 34.5 Å². The van der Waals surface area contributed by atoms with Gasteiger partial charge in [0.15, 0.2) is 0 Å². The van der Waals surface area contributed by atoms with Crippen LogP contribution in [0, 0.1) is 0 Å². The second-order valence-corrected chi connectivity index (χ2v) is 8.82. The standard InChI is InChI=1S/C24H36N6O7/c1-13(32)20(30-21(33)16(26)12-31)23(35)28-18(8-4-5-9-25)22(34)29-19(24(36)37)10-14-11-27-17-7-3-2-6-15(14)17/h2-3,6-7,11,13,16,18-20,27,31-32H,4-5,8-10,12,25-26H2,1H3,(H,28,35)(H,29,34)(H,30,33)(H,36,37). The van der Waals surface area contributed by atoms with Crippen LogP contribution in [0.5, 0.6) is 0 Å². The summed E-state index contributed by atoms with van der Waals surface area (Å²) in [6.07, 6.45) is 1.48. The van der Waals surface area contributed by atoms with Crippen LogP contribution in [-0.4, -0.2) is 87.4 Å². The molecule has 3 amide bonds. The molecule has 0 radical (unpaired) electrons. The summed E-state index contributed by atoms with van der Waals surface area (Å²) in [7, 11) is 0. The van der Waals surface area contributed by atoms with E-state index >= 15 is 0 Å². The molecular formula is C24H36N6O7. The Kier molecular flexibility index (Phi) is 11.5. The summed E-state index contributed by atoms with van der Waals surface area (Å²) in [5.41, 5.74) is 12.5. The van der Waals surface area contributed by atoms with Gasteiger partial charge < -0.3 is 47.7 Å². The van der Waals surface area contributed by atoms with Crippen molar-refractivity contribution in [3.63, 3.8) is 0 Å². The minimum Gasteiger partial charge on any atom is -0.480 e. The third-order valence-electron chi connectivity index (χ3n) is 5.89. The number of H-pyrrole nitrogens is 1. The molecule has 37 heavy (non-hydrogen) atoms. The first-order valence-corrected chi connectivity index (χ1v) is 12.0. The number of para-hydroxylation sites is 1. The Balaban J connectivity index is 2.17. The minimum atomic E-state index is -1.46. The highest BCUT2D eigenvalue weighted by molar-refractivity contribution is 5.94. The second-order valence-electron chi connectivity index (χ2n) is 8.82. The third kappa shape index (κ3) is 8.53. The first kappa shape index (κ1) is 29.7. The van der Waals surface area contributed by atoms with Crippen LogP contribution in [0.1, 0.15) is 31.7 Å². The molecule has 204 valence electrons. The summed E-state index contributed by atoms with van der Waals surface area (Å²) >= 11 is 0. The van der Waals surface area contributed by atoms with Gasteiger partial charge in [-0.25, -0.2) is 4.79 Å². The molecule has 1 aromatic heterocycles. The summed E-state index contributed by atoms with van der Waals surface area (Å²) < 4.78 is 0. The molecule has 0 aliphatic heterocycles. The molecule has 0 saturated carbocycles. The molecule has 13 nitrogen and oxygen atoms in total. The van der Waals surface area contributed by atoms with E-state index in [-0.39, 0.29) is 12.8 Å². The number of aliphatic carboxylic acids is 1. The van der Waals surface area contributed by atoms with Gasteiger partial charge in [0.25, 0.3) is 0 Å². The molecule has 1 heterocycles. The van der Waals surface area contributed by atoms with E-state index in [2.05, 4.69) is 20.9 Å². The lowest BCUT2D eigenvalue weighted by Gasteiger charge is -2.26. The molecule has 0 spiro atoms. The average molecular weight is 521 g/mol. The number of rotatable bonds is 15. The van der Waals surface area contributed by atoms with E-state index in [4.69, 9.17) is 16.6 Å². The Hall–Kier alpha value is -3.52. The molecule has 0 aliphatic rings. The van der Waals surface area contributed by atoms with Gasteiger partial charge in [0.05, 0.1) is 12.7 Å². The van der Waals surface area contributed by atoms with Crippen LogP contribution < -0.4 is 27.4 Å². The van der Waals surface area contributed by atoms with Gasteiger partial charge in [0, 0.05) is 23.5 Å². The van der Waals surface area contributed by atoms with E-state index in [1.54, 1.807) is 6.20 Å². The van der Waals surface area contributed by atoms with Crippen molar-refractivity contribution >= 4 is 34.6 Å². The molecule has 0 saturated heterocycles. The number of amides is 3. The number of fused-ring (bicyclic) bond motifs is 1. The number of carboxylic acids is 1. The highest BCUT2D eigenvalue weighted by Crippen LogP contribution is 2.19. The van der Waals surface area contributed by atoms with E-state index in [0.29, 0.717) is 24.9 Å². The minimum absolute atomic E-state index is 0.0000419. The van der Waals surface area contributed by atoms with Gasteiger partial charge in [-0.05, 0) is 44.4 Å². The first-order chi connectivity index (χ1) is 17.6. The van der Waals surface area contributed by atoms with Gasteiger partial charge in [-0.1, -0.05) is 18.2 Å². The molecule has 2 aromatic rings. The van der Waals surface area contributed by atoms with Crippen molar-refractivity contribution in [2.24, 2.45) is 11.5 Å². The number of carbonyl (C=O) groups excluding carboxylic acids is 3. The van der Waals surface area contributed by atoms with Crippen molar-refractivity contribution in [3.05, 3.63) is 36.0 Å². The molecule has 2 rings (SSSR count). The quantitative estimate of drug-likeness (QED) is 0.119. The van der Waals surface area contributed by atoms with E-state index < -0.39 is 60.6 Å². The second kappa shape index (κ2) is 14.3. The molecule has 0 bridgehead atoms. The van der Waals surface area contributed by atoms with Crippen LogP contribution in [0.3, 0.4) is 0 Å². The summed E-state index contributed by atoms with van der Waals surface area (Å²) in [6.45, 7) is 0.948. The maximum Gasteiger partial charge on any atom is 0.326 e. The van der Waals surface area contributed by atoms with Gasteiger partial charge in [0.2, 0.25) is 17.7 Å². The van der Waals surface area contributed by atoms with Crippen molar-refractivity contribution in [2.45, 2.75) is 62.9 Å². The smallest absolute Gasteiger partial charge is 0.326 e. The predicted molar refractivity (Wildman–Crippen MR) is 135 cm³/mol. The van der Waals surface area contributed by atoms with Crippen molar-refractivity contribution in [1.82, 2.24) is 20.9 Å². The van der Waals surface area contributed by atoms with Gasteiger partial charge in [-0.2, -0.15) is 0 Å². The number of aromatic amines is 1. The number of hydrogen-bond donors (Lipinski definition) is 9. The van der Waals surface area contributed by atoms with E-state index in [1.807, 2.05) is 24.3 Å². The highest BCUT2D eigenvalue weighted by atomic mass is 16.4.